The molecule has 31 heavy (non-hydrogen) atoms. The molecule has 10 heteroatoms. The highest BCUT2D eigenvalue weighted by Crippen LogP contribution is 2.18. The van der Waals surface area contributed by atoms with Crippen molar-refractivity contribution in [3.05, 3.63) is 58.4 Å². The van der Waals surface area contributed by atoms with Gasteiger partial charge in [0.25, 0.3) is 5.91 Å². The molecule has 0 saturated heterocycles. The number of hydrogen-bond acceptors (Lipinski definition) is 6. The number of carbonyl (C=O) groups is 2. The lowest BCUT2D eigenvalue weighted by molar-refractivity contribution is -0.120. The van der Waals surface area contributed by atoms with Gasteiger partial charge in [-0.05, 0) is 25.0 Å². The van der Waals surface area contributed by atoms with Crippen molar-refractivity contribution in [3.63, 3.8) is 0 Å². The molecular formula is C21H23FN6O2S. The third-order valence-corrected chi connectivity index (χ3v) is 5.90. The van der Waals surface area contributed by atoms with E-state index in [9.17, 15) is 14.0 Å². The monoisotopic (exact) mass is 442 g/mol. The van der Waals surface area contributed by atoms with E-state index in [2.05, 4.69) is 30.4 Å². The molecule has 3 heterocycles. The van der Waals surface area contributed by atoms with Crippen LogP contribution in [-0.2, 0) is 30.6 Å². The fourth-order valence-corrected chi connectivity index (χ4v) is 4.23. The summed E-state index contributed by atoms with van der Waals surface area (Å²) < 4.78 is 15.9. The summed E-state index contributed by atoms with van der Waals surface area (Å²) in [5.41, 5.74) is 0.492. The molecule has 2 amide bonds. The maximum atomic E-state index is 13.7. The molecule has 0 spiro atoms. The normalized spacial score (nSPS) is 13.3. The second kappa shape index (κ2) is 9.78. The summed E-state index contributed by atoms with van der Waals surface area (Å²) in [6.45, 7) is 1.41. The topological polar surface area (TPSA) is 102 Å². The van der Waals surface area contributed by atoms with E-state index in [1.165, 1.54) is 36.0 Å². The molecule has 0 aliphatic carbocycles. The first-order valence-corrected chi connectivity index (χ1v) is 11.2. The Morgan fingerprint density at radius 1 is 1.16 bits per heavy atom. The van der Waals surface area contributed by atoms with Gasteiger partial charge in [-0.1, -0.05) is 18.6 Å². The van der Waals surface area contributed by atoms with Crippen LogP contribution in [0.5, 0.6) is 0 Å². The van der Waals surface area contributed by atoms with Gasteiger partial charge in [0.1, 0.15) is 17.5 Å². The molecule has 2 aromatic heterocycles. The van der Waals surface area contributed by atoms with Crippen molar-refractivity contribution in [2.45, 2.75) is 45.1 Å². The zero-order chi connectivity index (χ0) is 21.6. The summed E-state index contributed by atoms with van der Waals surface area (Å²) in [5.74, 6) is 0.611. The highest BCUT2D eigenvalue weighted by Gasteiger charge is 2.16. The van der Waals surface area contributed by atoms with Crippen LogP contribution >= 0.6 is 11.3 Å². The predicted molar refractivity (Wildman–Crippen MR) is 114 cm³/mol. The largest absolute Gasteiger partial charge is 0.355 e. The number of carbonyl (C=O) groups excluding carboxylic acids is 2. The number of benzene rings is 1. The van der Waals surface area contributed by atoms with Crippen LogP contribution in [-0.4, -0.2) is 38.1 Å². The fourth-order valence-electron chi connectivity index (χ4n) is 3.53. The lowest BCUT2D eigenvalue weighted by Crippen LogP contribution is -2.28. The third kappa shape index (κ3) is 5.32. The van der Waals surface area contributed by atoms with Crippen molar-refractivity contribution in [2.75, 3.05) is 11.9 Å². The van der Waals surface area contributed by atoms with Crippen LogP contribution in [0.1, 0.15) is 47.0 Å². The van der Waals surface area contributed by atoms with E-state index in [1.54, 1.807) is 11.4 Å². The minimum Gasteiger partial charge on any atom is -0.355 e. The molecule has 1 aliphatic rings. The molecule has 0 atom stereocenters. The van der Waals surface area contributed by atoms with E-state index in [0.717, 1.165) is 37.5 Å². The van der Waals surface area contributed by atoms with Gasteiger partial charge in [-0.2, -0.15) is 0 Å². The number of rotatable bonds is 7. The molecule has 1 aromatic carbocycles. The van der Waals surface area contributed by atoms with Gasteiger partial charge in [0.05, 0.1) is 17.7 Å². The van der Waals surface area contributed by atoms with E-state index in [0.29, 0.717) is 23.8 Å². The minimum atomic E-state index is -0.597. The number of nitrogens with zero attached hydrogens (tertiary/aromatic N) is 4. The zero-order valence-corrected chi connectivity index (χ0v) is 17.8. The lowest BCUT2D eigenvalue weighted by atomic mass is 10.2. The van der Waals surface area contributed by atoms with Gasteiger partial charge in [0, 0.05) is 31.3 Å². The van der Waals surface area contributed by atoms with E-state index in [-0.39, 0.29) is 17.9 Å². The first-order valence-electron chi connectivity index (χ1n) is 10.3. The van der Waals surface area contributed by atoms with Gasteiger partial charge in [-0.25, -0.2) is 9.37 Å². The maximum absolute atomic E-state index is 13.7. The molecular weight excluding hydrogens is 419 g/mol. The zero-order valence-electron chi connectivity index (χ0n) is 16.9. The van der Waals surface area contributed by atoms with Crippen LogP contribution < -0.4 is 10.6 Å². The van der Waals surface area contributed by atoms with Crippen molar-refractivity contribution in [1.82, 2.24) is 25.1 Å². The van der Waals surface area contributed by atoms with Crippen molar-refractivity contribution in [3.8, 4) is 0 Å². The minimum absolute atomic E-state index is 0.0524. The Morgan fingerprint density at radius 3 is 2.90 bits per heavy atom. The molecule has 2 N–H and O–H groups in total. The van der Waals surface area contributed by atoms with Crippen molar-refractivity contribution in [2.24, 2.45) is 0 Å². The highest BCUT2D eigenvalue weighted by molar-refractivity contribution is 7.14. The average molecular weight is 443 g/mol. The summed E-state index contributed by atoms with van der Waals surface area (Å²) in [4.78, 5) is 28.7. The fraction of sp³-hybridized carbons (Fsp3) is 0.381. The molecule has 0 fully saturated rings. The standard InChI is InChI=1S/C21H23FN6O2S/c22-16-7-4-3-6-15(16)20(30)25-21-24-14(13-31-21)12-19(29)23-10-9-18-27-26-17-8-2-1-5-11-28(17)18/h3-4,6-7,13H,1-2,5,8-12H2,(H,23,29)(H,24,25,30). The first kappa shape index (κ1) is 21.1. The highest BCUT2D eigenvalue weighted by atomic mass is 32.1. The van der Waals surface area contributed by atoms with E-state index in [4.69, 9.17) is 0 Å². The van der Waals surface area contributed by atoms with Crippen molar-refractivity contribution >= 4 is 28.3 Å². The van der Waals surface area contributed by atoms with Crippen LogP contribution in [0.4, 0.5) is 9.52 Å². The van der Waals surface area contributed by atoms with E-state index in [1.807, 2.05) is 0 Å². The summed E-state index contributed by atoms with van der Waals surface area (Å²) in [5, 5.41) is 16.0. The van der Waals surface area contributed by atoms with Crippen LogP contribution in [0.25, 0.3) is 0 Å². The quantitative estimate of drug-likeness (QED) is 0.586. The number of fused-ring (bicyclic) bond motifs is 1. The van der Waals surface area contributed by atoms with Crippen molar-refractivity contribution < 1.29 is 14.0 Å². The van der Waals surface area contributed by atoms with Gasteiger partial charge in [0.2, 0.25) is 5.91 Å². The number of halogens is 1. The summed E-state index contributed by atoms with van der Waals surface area (Å²) in [6, 6.07) is 5.74. The number of aromatic nitrogens is 4. The Morgan fingerprint density at radius 2 is 2.03 bits per heavy atom. The summed E-state index contributed by atoms with van der Waals surface area (Å²) >= 11 is 1.19. The Labute approximate surface area is 182 Å². The van der Waals surface area contributed by atoms with Gasteiger partial charge < -0.3 is 9.88 Å². The number of anilines is 1. The van der Waals surface area contributed by atoms with E-state index >= 15 is 0 Å². The Balaban J connectivity index is 1.25. The first-order chi connectivity index (χ1) is 15.1. The second-order valence-electron chi connectivity index (χ2n) is 7.35. The smallest absolute Gasteiger partial charge is 0.260 e. The number of amides is 2. The Hall–Kier alpha value is -3.14. The third-order valence-electron chi connectivity index (χ3n) is 5.09. The van der Waals surface area contributed by atoms with Gasteiger partial charge in [0.15, 0.2) is 5.13 Å². The molecule has 0 saturated carbocycles. The Kier molecular flexibility index (Phi) is 6.66. The number of nitrogens with one attached hydrogen (secondary N) is 2. The average Bonchev–Trinajstić information content (AvgIpc) is 3.27. The summed E-state index contributed by atoms with van der Waals surface area (Å²) in [7, 11) is 0. The number of aryl methyl sites for hydroxylation is 1. The number of thiazole rings is 1. The molecule has 4 rings (SSSR count). The molecule has 1 aliphatic heterocycles. The SMILES string of the molecule is O=C(Cc1csc(NC(=O)c2ccccc2F)n1)NCCc1nnc2n1CCCCC2. The molecule has 8 nitrogen and oxygen atoms in total. The second-order valence-corrected chi connectivity index (χ2v) is 8.21. The molecule has 0 unspecified atom stereocenters. The van der Waals surface area contributed by atoms with Crippen LogP contribution in [0, 0.1) is 5.82 Å². The van der Waals surface area contributed by atoms with Crippen LogP contribution in [0.2, 0.25) is 0 Å². The number of hydrogen-bond donors (Lipinski definition) is 2. The molecule has 3 aromatic rings. The van der Waals surface area contributed by atoms with Crippen molar-refractivity contribution in [1.29, 1.82) is 0 Å². The molecule has 162 valence electrons. The van der Waals surface area contributed by atoms with Crippen LogP contribution in [0.3, 0.4) is 0 Å². The summed E-state index contributed by atoms with van der Waals surface area (Å²) in [6.07, 6.45) is 5.16. The van der Waals surface area contributed by atoms with Crippen LogP contribution in [0.15, 0.2) is 29.6 Å². The predicted octanol–water partition coefficient (Wildman–Crippen LogP) is 2.75. The molecule has 0 bridgehead atoms. The molecule has 0 radical (unpaired) electrons. The lowest BCUT2D eigenvalue weighted by Gasteiger charge is -2.07. The van der Waals surface area contributed by atoms with E-state index < -0.39 is 11.7 Å². The Bertz CT molecular complexity index is 1080. The maximum Gasteiger partial charge on any atom is 0.260 e. The van der Waals surface area contributed by atoms with Gasteiger partial charge in [-0.3, -0.25) is 14.9 Å². The van der Waals surface area contributed by atoms with Gasteiger partial charge in [-0.15, -0.1) is 21.5 Å². The van der Waals surface area contributed by atoms with Gasteiger partial charge >= 0.3 is 0 Å².